The minimum atomic E-state index is -0.220. The van der Waals surface area contributed by atoms with Crippen LogP contribution in [0.1, 0.15) is 13.1 Å². The van der Waals surface area contributed by atoms with Crippen LogP contribution in [0.3, 0.4) is 0 Å². The quantitative estimate of drug-likeness (QED) is 0.782. The van der Waals surface area contributed by atoms with Crippen molar-refractivity contribution in [3.05, 3.63) is 24.3 Å². The molecule has 2 heterocycles. The van der Waals surface area contributed by atoms with Crippen LogP contribution in [0.15, 0.2) is 24.3 Å². The number of urea groups is 1. The highest BCUT2D eigenvalue weighted by atomic mass is 32.1. The predicted octanol–water partition coefficient (Wildman–Crippen LogP) is 1.64. The summed E-state index contributed by atoms with van der Waals surface area (Å²) in [7, 11) is 1.69. The second-order valence-corrected chi connectivity index (χ2v) is 4.99. The van der Waals surface area contributed by atoms with Gasteiger partial charge in [0.25, 0.3) is 0 Å². The van der Waals surface area contributed by atoms with Crippen LogP contribution in [0, 0.1) is 0 Å². The van der Waals surface area contributed by atoms with E-state index in [9.17, 15) is 4.79 Å². The summed E-state index contributed by atoms with van der Waals surface area (Å²) in [6, 6.07) is 7.58. The van der Waals surface area contributed by atoms with Gasteiger partial charge < -0.3 is 0 Å². The number of aromatic nitrogens is 3. The van der Waals surface area contributed by atoms with Gasteiger partial charge in [0, 0.05) is 7.05 Å². The standard InChI is InChI=1S/C12H13N5OS/c1-8(16-7-11(19)15(2)12(16)18)17-10-6-4-3-5-9(10)13-14-17/h3-6,8H,7H2,1-2H3. The zero-order valence-electron chi connectivity index (χ0n) is 10.6. The van der Waals surface area contributed by atoms with Gasteiger partial charge in [-0.25, -0.2) is 9.48 Å². The molecular formula is C12H13N5OS. The molecular weight excluding hydrogens is 262 g/mol. The van der Waals surface area contributed by atoms with Crippen LogP contribution in [0.2, 0.25) is 0 Å². The molecule has 19 heavy (non-hydrogen) atoms. The van der Waals surface area contributed by atoms with Gasteiger partial charge in [0.1, 0.15) is 16.7 Å². The lowest BCUT2D eigenvalue weighted by Gasteiger charge is -2.23. The Balaban J connectivity index is 1.99. The fourth-order valence-corrected chi connectivity index (χ4v) is 2.42. The van der Waals surface area contributed by atoms with Crippen LogP contribution in [0.4, 0.5) is 4.79 Å². The molecule has 0 radical (unpaired) electrons. The summed E-state index contributed by atoms with van der Waals surface area (Å²) in [5, 5.41) is 8.24. The first-order valence-electron chi connectivity index (χ1n) is 5.96. The van der Waals surface area contributed by atoms with Crippen molar-refractivity contribution in [1.29, 1.82) is 0 Å². The highest BCUT2D eigenvalue weighted by Crippen LogP contribution is 2.22. The Morgan fingerprint density at radius 3 is 2.79 bits per heavy atom. The monoisotopic (exact) mass is 275 g/mol. The van der Waals surface area contributed by atoms with E-state index >= 15 is 0 Å². The SMILES string of the molecule is CC(N1CC(=S)N(C)C1=O)n1nnc2ccccc21. The predicted molar refractivity (Wildman–Crippen MR) is 74.7 cm³/mol. The van der Waals surface area contributed by atoms with Crippen LogP contribution in [0.5, 0.6) is 0 Å². The smallest absolute Gasteiger partial charge is 0.295 e. The lowest BCUT2D eigenvalue weighted by Crippen LogP contribution is -2.35. The van der Waals surface area contributed by atoms with E-state index in [0.717, 1.165) is 11.0 Å². The average molecular weight is 275 g/mol. The van der Waals surface area contributed by atoms with Crippen LogP contribution in [-0.2, 0) is 0 Å². The number of benzene rings is 1. The normalized spacial score (nSPS) is 17.6. The molecule has 2 aromatic rings. The highest BCUT2D eigenvalue weighted by Gasteiger charge is 2.34. The number of rotatable bonds is 2. The fourth-order valence-electron chi connectivity index (χ4n) is 2.21. The van der Waals surface area contributed by atoms with E-state index in [4.69, 9.17) is 12.2 Å². The van der Waals surface area contributed by atoms with Crippen LogP contribution in [0.25, 0.3) is 11.0 Å². The summed E-state index contributed by atoms with van der Waals surface area (Å²) in [6.45, 7) is 2.36. The number of hydrogen-bond donors (Lipinski definition) is 0. The van der Waals surface area contributed by atoms with Crippen molar-refractivity contribution in [2.75, 3.05) is 13.6 Å². The van der Waals surface area contributed by atoms with Gasteiger partial charge in [-0.05, 0) is 19.1 Å². The molecule has 0 N–H and O–H groups in total. The Labute approximate surface area is 115 Å². The highest BCUT2D eigenvalue weighted by molar-refractivity contribution is 7.80. The molecule has 1 atom stereocenters. The van der Waals surface area contributed by atoms with Crippen molar-refractivity contribution in [3.8, 4) is 0 Å². The van der Waals surface area contributed by atoms with E-state index in [0.29, 0.717) is 11.5 Å². The van der Waals surface area contributed by atoms with Gasteiger partial charge in [-0.2, -0.15) is 0 Å². The number of carbonyl (C=O) groups is 1. The molecule has 0 saturated carbocycles. The summed E-state index contributed by atoms with van der Waals surface area (Å²) < 4.78 is 1.75. The van der Waals surface area contributed by atoms with Crippen molar-refractivity contribution >= 4 is 34.3 Å². The summed E-state index contributed by atoms with van der Waals surface area (Å²) in [5.74, 6) is 0. The molecule has 1 aliphatic heterocycles. The van der Waals surface area contributed by atoms with Crippen LogP contribution >= 0.6 is 12.2 Å². The maximum Gasteiger partial charge on any atom is 0.326 e. The van der Waals surface area contributed by atoms with Crippen LogP contribution in [-0.4, -0.2) is 49.4 Å². The molecule has 3 rings (SSSR count). The summed E-state index contributed by atoms with van der Waals surface area (Å²) in [5.41, 5.74) is 1.72. The van der Waals surface area contributed by atoms with E-state index in [2.05, 4.69) is 10.3 Å². The van der Waals surface area contributed by atoms with E-state index in [1.165, 1.54) is 4.90 Å². The summed E-state index contributed by atoms with van der Waals surface area (Å²) >= 11 is 5.16. The van der Waals surface area contributed by atoms with Gasteiger partial charge >= 0.3 is 6.03 Å². The first kappa shape index (κ1) is 12.0. The molecule has 1 unspecified atom stereocenters. The first-order chi connectivity index (χ1) is 9.09. The topological polar surface area (TPSA) is 54.3 Å². The fraction of sp³-hybridized carbons (Fsp3) is 0.333. The van der Waals surface area contributed by atoms with Gasteiger partial charge in [0.15, 0.2) is 0 Å². The molecule has 98 valence electrons. The van der Waals surface area contributed by atoms with Crippen molar-refractivity contribution < 1.29 is 4.79 Å². The molecule has 1 aliphatic rings. The lowest BCUT2D eigenvalue weighted by atomic mass is 10.3. The Bertz CT molecular complexity index is 667. The second kappa shape index (κ2) is 4.27. The van der Waals surface area contributed by atoms with E-state index < -0.39 is 0 Å². The van der Waals surface area contributed by atoms with Gasteiger partial charge in [-0.1, -0.05) is 29.6 Å². The first-order valence-corrected chi connectivity index (χ1v) is 6.37. The molecule has 0 bridgehead atoms. The number of nitrogens with zero attached hydrogens (tertiary/aromatic N) is 5. The molecule has 1 saturated heterocycles. The molecule has 1 aromatic heterocycles. The van der Waals surface area contributed by atoms with E-state index in [1.54, 1.807) is 16.6 Å². The van der Waals surface area contributed by atoms with Gasteiger partial charge in [0.2, 0.25) is 0 Å². The Kier molecular flexibility index (Phi) is 2.70. The number of amides is 2. The van der Waals surface area contributed by atoms with Gasteiger partial charge in [-0.3, -0.25) is 9.80 Å². The van der Waals surface area contributed by atoms with Crippen molar-refractivity contribution in [3.63, 3.8) is 0 Å². The Hall–Kier alpha value is -2.02. The lowest BCUT2D eigenvalue weighted by molar-refractivity contribution is 0.162. The van der Waals surface area contributed by atoms with Gasteiger partial charge in [-0.15, -0.1) is 5.10 Å². The number of fused-ring (bicyclic) bond motifs is 1. The maximum absolute atomic E-state index is 12.1. The molecule has 2 amide bonds. The van der Waals surface area contributed by atoms with Crippen molar-refractivity contribution in [2.45, 2.75) is 13.1 Å². The number of hydrogen-bond acceptors (Lipinski definition) is 4. The minimum absolute atomic E-state index is 0.0999. The zero-order valence-corrected chi connectivity index (χ0v) is 11.5. The average Bonchev–Trinajstić information content (AvgIpc) is 2.95. The molecule has 6 nitrogen and oxygen atoms in total. The number of carbonyl (C=O) groups excluding carboxylic acids is 1. The number of thiocarbonyl (C=S) groups is 1. The van der Waals surface area contributed by atoms with Gasteiger partial charge in [0.05, 0.1) is 12.1 Å². The third kappa shape index (κ3) is 1.77. The Morgan fingerprint density at radius 2 is 2.11 bits per heavy atom. The van der Waals surface area contributed by atoms with E-state index in [1.807, 2.05) is 31.2 Å². The van der Waals surface area contributed by atoms with Crippen LogP contribution < -0.4 is 0 Å². The van der Waals surface area contributed by atoms with Crippen molar-refractivity contribution in [1.82, 2.24) is 24.8 Å². The molecule has 1 fully saturated rings. The van der Waals surface area contributed by atoms with E-state index in [-0.39, 0.29) is 12.2 Å². The largest absolute Gasteiger partial charge is 0.326 e. The minimum Gasteiger partial charge on any atom is -0.295 e. The molecule has 1 aromatic carbocycles. The molecule has 0 aliphatic carbocycles. The summed E-state index contributed by atoms with van der Waals surface area (Å²) in [6.07, 6.45) is -0.220. The summed E-state index contributed by atoms with van der Waals surface area (Å²) in [4.78, 5) is 15.9. The zero-order chi connectivity index (χ0) is 13.6. The molecule has 0 spiro atoms. The third-order valence-corrected chi connectivity index (χ3v) is 3.80. The number of para-hydroxylation sites is 1. The number of likely N-dealkylation sites (N-methyl/N-ethyl adjacent to an activating group) is 1. The Morgan fingerprint density at radius 1 is 1.37 bits per heavy atom. The molecule has 7 heteroatoms. The van der Waals surface area contributed by atoms with Crippen molar-refractivity contribution in [2.24, 2.45) is 0 Å². The third-order valence-electron chi connectivity index (χ3n) is 3.39. The maximum atomic E-state index is 12.1. The second-order valence-electron chi connectivity index (χ2n) is 4.52.